The van der Waals surface area contributed by atoms with Gasteiger partial charge in [0.05, 0.1) is 12.7 Å². The number of carbonyl (C=O) groups is 3. The predicted octanol–water partition coefficient (Wildman–Crippen LogP) is -1.49. The summed E-state index contributed by atoms with van der Waals surface area (Å²) in [6, 6.07) is -0.635. The van der Waals surface area contributed by atoms with Crippen molar-refractivity contribution >= 4 is 18.0 Å². The average Bonchev–Trinajstić information content (AvgIpc) is 2.63. The summed E-state index contributed by atoms with van der Waals surface area (Å²) in [5.41, 5.74) is 16.3. The Labute approximate surface area is 160 Å². The van der Waals surface area contributed by atoms with Crippen LogP contribution in [0.2, 0.25) is 0 Å². The number of rotatable bonds is 9. The van der Waals surface area contributed by atoms with Gasteiger partial charge in [-0.3, -0.25) is 4.79 Å². The lowest BCUT2D eigenvalue weighted by molar-refractivity contribution is -0.120. The van der Waals surface area contributed by atoms with Crippen molar-refractivity contribution in [3.05, 3.63) is 0 Å². The maximum atomic E-state index is 11.9. The first-order valence-corrected chi connectivity index (χ1v) is 9.46. The molecule has 0 aromatic carbocycles. The lowest BCUT2D eigenvalue weighted by atomic mass is 10.1. The highest BCUT2D eigenvalue weighted by Crippen LogP contribution is 2.07. The molecule has 0 unspecified atom stereocenters. The molecule has 0 aromatic rings. The minimum absolute atomic E-state index is 0.127. The third kappa shape index (κ3) is 10.6. The number of amides is 5. The number of likely N-dealkylation sites (tertiary alicyclic amines) is 1. The summed E-state index contributed by atoms with van der Waals surface area (Å²) in [5, 5.41) is 8.12. The SMILES string of the molecule is CNCC(=O)N[C@H](N)CCCCCNC(=O)NNC(=O)N1CCC(N)CC1. The van der Waals surface area contributed by atoms with Crippen molar-refractivity contribution in [3.8, 4) is 0 Å². The zero-order valence-corrected chi connectivity index (χ0v) is 16.1. The van der Waals surface area contributed by atoms with Gasteiger partial charge in [0, 0.05) is 25.7 Å². The highest BCUT2D eigenvalue weighted by molar-refractivity contribution is 5.80. The van der Waals surface area contributed by atoms with E-state index < -0.39 is 6.03 Å². The van der Waals surface area contributed by atoms with E-state index in [1.54, 1.807) is 11.9 Å². The van der Waals surface area contributed by atoms with E-state index >= 15 is 0 Å². The van der Waals surface area contributed by atoms with Crippen LogP contribution in [0.5, 0.6) is 0 Å². The minimum Gasteiger partial charge on any atom is -0.340 e. The van der Waals surface area contributed by atoms with Crippen molar-refractivity contribution in [2.24, 2.45) is 11.5 Å². The molecular weight excluding hydrogens is 352 g/mol. The number of nitrogens with one attached hydrogen (secondary N) is 5. The molecule has 11 heteroatoms. The van der Waals surface area contributed by atoms with Crippen LogP contribution in [0.15, 0.2) is 0 Å². The molecule has 0 aromatic heterocycles. The zero-order chi connectivity index (χ0) is 20.1. The van der Waals surface area contributed by atoms with Gasteiger partial charge in [-0.05, 0) is 39.2 Å². The van der Waals surface area contributed by atoms with Gasteiger partial charge in [0.15, 0.2) is 0 Å². The number of unbranched alkanes of at least 4 members (excludes halogenated alkanes) is 2. The molecule has 1 saturated heterocycles. The molecule has 0 aliphatic carbocycles. The fourth-order valence-electron chi connectivity index (χ4n) is 2.69. The second-order valence-corrected chi connectivity index (χ2v) is 6.69. The first-order valence-electron chi connectivity index (χ1n) is 9.46. The van der Waals surface area contributed by atoms with Crippen LogP contribution in [0.1, 0.15) is 38.5 Å². The Morgan fingerprint density at radius 3 is 2.48 bits per heavy atom. The van der Waals surface area contributed by atoms with E-state index in [0.29, 0.717) is 26.1 Å². The van der Waals surface area contributed by atoms with Crippen LogP contribution in [-0.2, 0) is 4.79 Å². The lowest BCUT2D eigenvalue weighted by Gasteiger charge is -2.30. The summed E-state index contributed by atoms with van der Waals surface area (Å²) in [7, 11) is 1.70. The molecule has 0 saturated carbocycles. The van der Waals surface area contributed by atoms with E-state index in [-0.39, 0.29) is 30.7 Å². The molecule has 1 aliphatic rings. The van der Waals surface area contributed by atoms with Gasteiger partial charge in [-0.1, -0.05) is 6.42 Å². The highest BCUT2D eigenvalue weighted by atomic mass is 16.2. The summed E-state index contributed by atoms with van der Waals surface area (Å²) >= 11 is 0. The Balaban J connectivity index is 1.99. The average molecular weight is 387 g/mol. The number of carbonyl (C=O) groups excluding carboxylic acids is 3. The molecule has 11 nitrogen and oxygen atoms in total. The molecule has 0 spiro atoms. The van der Waals surface area contributed by atoms with Crippen LogP contribution in [-0.4, -0.2) is 68.3 Å². The van der Waals surface area contributed by atoms with E-state index in [9.17, 15) is 14.4 Å². The van der Waals surface area contributed by atoms with E-state index in [1.807, 2.05) is 0 Å². The molecule has 1 atom stereocenters. The Kier molecular flexibility index (Phi) is 11.1. The van der Waals surface area contributed by atoms with E-state index in [4.69, 9.17) is 11.5 Å². The van der Waals surface area contributed by atoms with Gasteiger partial charge in [0.25, 0.3) is 0 Å². The number of nitrogens with zero attached hydrogens (tertiary/aromatic N) is 1. The Bertz CT molecular complexity index is 469. The maximum Gasteiger partial charge on any atom is 0.336 e. The molecule has 9 N–H and O–H groups in total. The normalized spacial score (nSPS) is 15.7. The van der Waals surface area contributed by atoms with Crippen LogP contribution >= 0.6 is 0 Å². The highest BCUT2D eigenvalue weighted by Gasteiger charge is 2.20. The summed E-state index contributed by atoms with van der Waals surface area (Å²) in [5.74, 6) is -0.127. The van der Waals surface area contributed by atoms with Gasteiger partial charge in [-0.15, -0.1) is 0 Å². The molecule has 1 rings (SSSR count). The summed E-state index contributed by atoms with van der Waals surface area (Å²) in [6.45, 7) is 1.91. The smallest absolute Gasteiger partial charge is 0.336 e. The van der Waals surface area contributed by atoms with Crippen LogP contribution in [0.4, 0.5) is 9.59 Å². The second kappa shape index (κ2) is 13.1. The van der Waals surface area contributed by atoms with Gasteiger partial charge in [0.2, 0.25) is 5.91 Å². The van der Waals surface area contributed by atoms with Gasteiger partial charge in [0.1, 0.15) is 0 Å². The first-order chi connectivity index (χ1) is 12.9. The van der Waals surface area contributed by atoms with Crippen molar-refractivity contribution in [2.45, 2.75) is 50.7 Å². The van der Waals surface area contributed by atoms with Gasteiger partial charge < -0.3 is 32.3 Å². The molecule has 0 bridgehead atoms. The number of hydrazine groups is 1. The van der Waals surface area contributed by atoms with E-state index in [2.05, 4.69) is 26.8 Å². The van der Waals surface area contributed by atoms with Crippen LogP contribution < -0.4 is 38.3 Å². The predicted molar refractivity (Wildman–Crippen MR) is 102 cm³/mol. The molecule has 27 heavy (non-hydrogen) atoms. The first kappa shape index (κ1) is 22.9. The fourth-order valence-corrected chi connectivity index (χ4v) is 2.69. The second-order valence-electron chi connectivity index (χ2n) is 6.69. The third-order valence-electron chi connectivity index (χ3n) is 4.27. The van der Waals surface area contributed by atoms with E-state index in [1.165, 1.54) is 0 Å². The summed E-state index contributed by atoms with van der Waals surface area (Å²) in [4.78, 5) is 36.5. The summed E-state index contributed by atoms with van der Waals surface area (Å²) in [6.07, 6.45) is 4.35. The van der Waals surface area contributed by atoms with Crippen molar-refractivity contribution in [1.29, 1.82) is 0 Å². The molecule has 1 fully saturated rings. The summed E-state index contributed by atoms with van der Waals surface area (Å²) < 4.78 is 0. The number of nitrogens with two attached hydrogens (primary N) is 2. The van der Waals surface area contributed by atoms with Crippen molar-refractivity contribution in [3.63, 3.8) is 0 Å². The molecule has 0 radical (unpaired) electrons. The number of hydrogen-bond acceptors (Lipinski definition) is 6. The van der Waals surface area contributed by atoms with Crippen molar-refractivity contribution < 1.29 is 14.4 Å². The maximum absolute atomic E-state index is 11.9. The third-order valence-corrected chi connectivity index (χ3v) is 4.27. The quantitative estimate of drug-likeness (QED) is 0.145. The fraction of sp³-hybridized carbons (Fsp3) is 0.812. The Morgan fingerprint density at radius 1 is 1.11 bits per heavy atom. The van der Waals surface area contributed by atoms with Crippen molar-refractivity contribution in [2.75, 3.05) is 33.2 Å². The standard InChI is InChI=1S/C16H34N8O3/c1-19-11-14(25)21-13(18)5-3-2-4-8-20-15(26)22-23-16(27)24-9-6-12(17)7-10-24/h12-13,19H,2-11,17-18H2,1H3,(H,21,25)(H,23,27)(H2,20,22,26)/t13-/m0/s1. The van der Waals surface area contributed by atoms with Gasteiger partial charge in [-0.25, -0.2) is 20.4 Å². The van der Waals surface area contributed by atoms with Crippen molar-refractivity contribution in [1.82, 2.24) is 31.7 Å². The molecule has 1 heterocycles. The number of likely N-dealkylation sites (N-methyl/N-ethyl adjacent to an activating group) is 1. The molecule has 156 valence electrons. The number of piperidine rings is 1. The minimum atomic E-state index is -0.451. The molecular formula is C16H34N8O3. The van der Waals surface area contributed by atoms with Gasteiger partial charge >= 0.3 is 12.1 Å². The Hall–Kier alpha value is -2.11. The zero-order valence-electron chi connectivity index (χ0n) is 16.1. The molecule has 5 amide bonds. The van der Waals surface area contributed by atoms with Crippen LogP contribution in [0.25, 0.3) is 0 Å². The monoisotopic (exact) mass is 386 g/mol. The van der Waals surface area contributed by atoms with Crippen LogP contribution in [0.3, 0.4) is 0 Å². The molecule has 1 aliphatic heterocycles. The lowest BCUT2D eigenvalue weighted by Crippen LogP contribution is -2.54. The van der Waals surface area contributed by atoms with E-state index in [0.717, 1.165) is 32.1 Å². The number of hydrogen-bond donors (Lipinski definition) is 7. The topological polar surface area (TPSA) is 167 Å². The van der Waals surface area contributed by atoms with Crippen LogP contribution in [0, 0.1) is 0 Å². The Morgan fingerprint density at radius 2 is 1.81 bits per heavy atom. The number of urea groups is 2. The largest absolute Gasteiger partial charge is 0.340 e. The van der Waals surface area contributed by atoms with Gasteiger partial charge in [-0.2, -0.15) is 0 Å².